The predicted octanol–water partition coefficient (Wildman–Crippen LogP) is 4.94. The van der Waals surface area contributed by atoms with Crippen molar-refractivity contribution in [3.05, 3.63) is 65.2 Å². The summed E-state index contributed by atoms with van der Waals surface area (Å²) in [6.07, 6.45) is 4.35. The Morgan fingerprint density at radius 1 is 1.00 bits per heavy atom. The Bertz CT molecular complexity index is 717. The van der Waals surface area contributed by atoms with Gasteiger partial charge >= 0.3 is 0 Å². The van der Waals surface area contributed by atoms with Crippen molar-refractivity contribution >= 4 is 11.9 Å². The summed E-state index contributed by atoms with van der Waals surface area (Å²) in [6.45, 7) is 7.15. The first kappa shape index (κ1) is 17.8. The van der Waals surface area contributed by atoms with Crippen molar-refractivity contribution < 1.29 is 14.3 Å². The number of carbonyl (C=O) groups is 1. The van der Waals surface area contributed by atoms with Gasteiger partial charge in [0.1, 0.15) is 11.5 Å². The average molecular weight is 324 g/mol. The van der Waals surface area contributed by atoms with Crippen molar-refractivity contribution in [3.63, 3.8) is 0 Å². The summed E-state index contributed by atoms with van der Waals surface area (Å²) in [6, 6.07) is 13.3. The van der Waals surface area contributed by atoms with Gasteiger partial charge in [0.2, 0.25) is 0 Å². The van der Waals surface area contributed by atoms with E-state index in [9.17, 15) is 4.79 Å². The van der Waals surface area contributed by atoms with E-state index in [1.165, 1.54) is 5.56 Å². The topological polar surface area (TPSA) is 35.5 Å². The fourth-order valence-corrected chi connectivity index (χ4v) is 2.40. The standard InChI is InChI=1S/C21H24O3/c1-4-16-10-13-21(24-6-3)18(14-16)11-12-20(22)17-8-7-9-19(15-17)23-5-2/h7-15H,4-6H2,1-3H3/b12-11+. The molecule has 0 fully saturated rings. The molecular formula is C21H24O3. The molecule has 0 unspecified atom stereocenters. The highest BCUT2D eigenvalue weighted by molar-refractivity contribution is 6.07. The van der Waals surface area contributed by atoms with Crippen molar-refractivity contribution in [2.45, 2.75) is 27.2 Å². The van der Waals surface area contributed by atoms with Crippen LogP contribution in [-0.4, -0.2) is 19.0 Å². The number of ketones is 1. The number of carbonyl (C=O) groups excluding carboxylic acids is 1. The van der Waals surface area contributed by atoms with E-state index in [4.69, 9.17) is 9.47 Å². The summed E-state index contributed by atoms with van der Waals surface area (Å²) < 4.78 is 11.1. The third kappa shape index (κ3) is 4.72. The van der Waals surface area contributed by atoms with Crippen molar-refractivity contribution in [3.8, 4) is 11.5 Å². The first-order valence-corrected chi connectivity index (χ1v) is 8.38. The first-order chi connectivity index (χ1) is 11.7. The van der Waals surface area contributed by atoms with E-state index in [0.29, 0.717) is 24.5 Å². The second-order valence-corrected chi connectivity index (χ2v) is 5.32. The molecule has 3 heteroatoms. The van der Waals surface area contributed by atoms with Gasteiger partial charge in [-0.15, -0.1) is 0 Å². The lowest BCUT2D eigenvalue weighted by Gasteiger charge is -2.09. The predicted molar refractivity (Wildman–Crippen MR) is 98.0 cm³/mol. The molecule has 3 nitrogen and oxygen atoms in total. The van der Waals surface area contributed by atoms with Crippen LogP contribution in [0.5, 0.6) is 11.5 Å². The molecule has 0 amide bonds. The van der Waals surface area contributed by atoms with Gasteiger partial charge in [-0.05, 0) is 62.2 Å². The van der Waals surface area contributed by atoms with E-state index >= 15 is 0 Å². The molecule has 2 aromatic rings. The van der Waals surface area contributed by atoms with E-state index in [1.807, 2.05) is 38.1 Å². The molecule has 2 aromatic carbocycles. The number of aryl methyl sites for hydroxylation is 1. The molecule has 0 bridgehead atoms. The van der Waals surface area contributed by atoms with Gasteiger partial charge in [0.05, 0.1) is 13.2 Å². The Morgan fingerprint density at radius 2 is 1.79 bits per heavy atom. The summed E-state index contributed by atoms with van der Waals surface area (Å²) in [5, 5.41) is 0. The second kappa shape index (κ2) is 8.92. The number of benzene rings is 2. The number of hydrogen-bond donors (Lipinski definition) is 0. The van der Waals surface area contributed by atoms with Crippen LogP contribution in [-0.2, 0) is 6.42 Å². The summed E-state index contributed by atoms with van der Waals surface area (Å²) in [7, 11) is 0. The second-order valence-electron chi connectivity index (χ2n) is 5.32. The fraction of sp³-hybridized carbons (Fsp3) is 0.286. The highest BCUT2D eigenvalue weighted by Crippen LogP contribution is 2.23. The Morgan fingerprint density at radius 3 is 2.50 bits per heavy atom. The molecule has 0 radical (unpaired) electrons. The summed E-state index contributed by atoms with van der Waals surface area (Å²) >= 11 is 0. The van der Waals surface area contributed by atoms with Crippen molar-refractivity contribution in [1.82, 2.24) is 0 Å². The van der Waals surface area contributed by atoms with Crippen LogP contribution in [0, 0.1) is 0 Å². The first-order valence-electron chi connectivity index (χ1n) is 8.38. The third-order valence-electron chi connectivity index (χ3n) is 3.63. The van der Waals surface area contributed by atoms with E-state index in [0.717, 1.165) is 17.7 Å². The monoisotopic (exact) mass is 324 g/mol. The molecule has 0 saturated heterocycles. The van der Waals surface area contributed by atoms with Crippen LogP contribution in [0.25, 0.3) is 6.08 Å². The maximum Gasteiger partial charge on any atom is 0.185 e. The minimum absolute atomic E-state index is 0.0547. The van der Waals surface area contributed by atoms with E-state index in [2.05, 4.69) is 19.1 Å². The molecule has 0 heterocycles. The minimum Gasteiger partial charge on any atom is -0.494 e. The summed E-state index contributed by atoms with van der Waals surface area (Å²) in [5.74, 6) is 1.45. The Hall–Kier alpha value is -2.55. The molecule has 0 aliphatic heterocycles. The Kier molecular flexibility index (Phi) is 6.62. The summed E-state index contributed by atoms with van der Waals surface area (Å²) in [5.41, 5.74) is 2.75. The van der Waals surface area contributed by atoms with Crippen LogP contribution in [0.3, 0.4) is 0 Å². The molecule has 0 N–H and O–H groups in total. The average Bonchev–Trinajstić information content (AvgIpc) is 2.61. The van der Waals surface area contributed by atoms with Crippen LogP contribution in [0.1, 0.15) is 42.3 Å². The number of allylic oxidation sites excluding steroid dienone is 1. The smallest absolute Gasteiger partial charge is 0.185 e. The van der Waals surface area contributed by atoms with Crippen LogP contribution < -0.4 is 9.47 Å². The third-order valence-corrected chi connectivity index (χ3v) is 3.63. The van der Waals surface area contributed by atoms with Gasteiger partial charge in [0.25, 0.3) is 0 Å². The highest BCUT2D eigenvalue weighted by atomic mass is 16.5. The SMILES string of the molecule is CCOc1cccc(C(=O)/C=C/c2cc(CC)ccc2OCC)c1. The van der Waals surface area contributed by atoms with Crippen molar-refractivity contribution in [2.75, 3.05) is 13.2 Å². The molecule has 0 aromatic heterocycles. The largest absolute Gasteiger partial charge is 0.494 e. The van der Waals surface area contributed by atoms with Gasteiger partial charge in [-0.2, -0.15) is 0 Å². The van der Waals surface area contributed by atoms with Crippen molar-refractivity contribution in [2.24, 2.45) is 0 Å². The lowest BCUT2D eigenvalue weighted by Crippen LogP contribution is -1.98. The number of ether oxygens (including phenoxy) is 2. The molecule has 2 rings (SSSR count). The fourth-order valence-electron chi connectivity index (χ4n) is 2.40. The molecular weight excluding hydrogens is 300 g/mol. The van der Waals surface area contributed by atoms with Crippen LogP contribution >= 0.6 is 0 Å². The van der Waals surface area contributed by atoms with Crippen LogP contribution in [0.2, 0.25) is 0 Å². The lowest BCUT2D eigenvalue weighted by atomic mass is 10.1. The normalized spacial score (nSPS) is 10.8. The molecule has 24 heavy (non-hydrogen) atoms. The summed E-state index contributed by atoms with van der Waals surface area (Å²) in [4.78, 5) is 12.4. The molecule has 0 aliphatic carbocycles. The van der Waals surface area contributed by atoms with Gasteiger partial charge in [0.15, 0.2) is 5.78 Å². The van der Waals surface area contributed by atoms with Gasteiger partial charge in [-0.1, -0.05) is 25.1 Å². The Labute approximate surface area is 143 Å². The maximum atomic E-state index is 12.4. The van der Waals surface area contributed by atoms with Crippen LogP contribution in [0.15, 0.2) is 48.5 Å². The Balaban J connectivity index is 2.23. The molecule has 0 saturated carbocycles. The molecule has 0 atom stereocenters. The van der Waals surface area contributed by atoms with Gasteiger partial charge in [0, 0.05) is 11.1 Å². The molecule has 126 valence electrons. The lowest BCUT2D eigenvalue weighted by molar-refractivity contribution is 0.104. The molecule has 0 spiro atoms. The number of rotatable bonds is 8. The van der Waals surface area contributed by atoms with Gasteiger partial charge in [-0.3, -0.25) is 4.79 Å². The van der Waals surface area contributed by atoms with E-state index in [1.54, 1.807) is 18.2 Å². The highest BCUT2D eigenvalue weighted by Gasteiger charge is 2.06. The molecule has 0 aliphatic rings. The van der Waals surface area contributed by atoms with E-state index < -0.39 is 0 Å². The van der Waals surface area contributed by atoms with Crippen LogP contribution in [0.4, 0.5) is 0 Å². The van der Waals surface area contributed by atoms with Gasteiger partial charge < -0.3 is 9.47 Å². The number of hydrogen-bond acceptors (Lipinski definition) is 3. The van der Waals surface area contributed by atoms with E-state index in [-0.39, 0.29) is 5.78 Å². The zero-order chi connectivity index (χ0) is 17.4. The quantitative estimate of drug-likeness (QED) is 0.509. The zero-order valence-corrected chi connectivity index (χ0v) is 14.5. The minimum atomic E-state index is -0.0547. The van der Waals surface area contributed by atoms with Crippen molar-refractivity contribution in [1.29, 1.82) is 0 Å². The zero-order valence-electron chi connectivity index (χ0n) is 14.5. The van der Waals surface area contributed by atoms with Gasteiger partial charge in [-0.25, -0.2) is 0 Å². The maximum absolute atomic E-state index is 12.4.